The third-order valence-corrected chi connectivity index (χ3v) is 16.7. The molecule has 9 unspecified atom stereocenters. The Morgan fingerprint density at radius 1 is 0.359 bits per heavy atom. The Hall–Kier alpha value is 1.79. The Balaban J connectivity index is -0.000000191. The first-order valence-corrected chi connectivity index (χ1v) is 47.7. The number of fused-ring (bicyclic) bond motifs is 3. The minimum atomic E-state index is -0.826. The Labute approximate surface area is 546 Å². The zero-order valence-electron chi connectivity index (χ0n) is 51.3. The van der Waals surface area contributed by atoms with Gasteiger partial charge in [-0.25, -0.2) is 0 Å². The van der Waals surface area contributed by atoms with Crippen LogP contribution >= 0.6 is 51.1 Å². The summed E-state index contributed by atoms with van der Waals surface area (Å²) in [4.78, 5) is 0. The summed E-state index contributed by atoms with van der Waals surface area (Å²) in [5.74, 6) is 10.8. The van der Waals surface area contributed by atoms with Crippen molar-refractivity contribution in [1.82, 2.24) is 0 Å². The van der Waals surface area contributed by atoms with E-state index in [1.54, 1.807) is 0 Å². The molecule has 6 fully saturated rings. The van der Waals surface area contributed by atoms with Gasteiger partial charge >= 0.3 is 114 Å². The van der Waals surface area contributed by atoms with E-state index in [0.717, 1.165) is 71.0 Å². The van der Waals surface area contributed by atoms with Crippen molar-refractivity contribution in [2.24, 2.45) is 71.0 Å². The van der Waals surface area contributed by atoms with Gasteiger partial charge in [-0.2, -0.15) is 0 Å². The SMILES string of the molecule is C=CCC1CCC2C=CC=CC21.C=CCC1CCC2C=CC=CC21.C=CCC1CCC2C=CC=CC21.C=CCCC1CCCC1.CCCCC1CCCC1.CCCCC1CCCC1.[CH3-].[CH3-].[CH3-].[CH3-].[CH3-].[CH3-].[Cl][Zr+2][Cl].[Cl][Zr+2][Cl].[Cl][Zr+2][Cl]. The zero-order chi connectivity index (χ0) is 52.9. The van der Waals surface area contributed by atoms with Gasteiger partial charge in [0.25, 0.3) is 0 Å². The van der Waals surface area contributed by atoms with Crippen molar-refractivity contribution in [3.63, 3.8) is 0 Å². The summed E-state index contributed by atoms with van der Waals surface area (Å²) in [6.07, 6.45) is 76.9. The van der Waals surface area contributed by atoms with Gasteiger partial charge in [-0.15, -0.1) is 26.3 Å². The predicted octanol–water partition coefficient (Wildman–Crippen LogP) is 26.7. The normalized spacial score (nSPS) is 25.2. The van der Waals surface area contributed by atoms with Gasteiger partial charge < -0.3 is 44.6 Å². The molecule has 9 aliphatic rings. The second kappa shape index (κ2) is 64.8. The number of halogens is 6. The number of allylic oxidation sites excluding steroid dienone is 16. The van der Waals surface area contributed by atoms with Crippen LogP contribution in [-0.4, -0.2) is 0 Å². The van der Waals surface area contributed by atoms with E-state index in [2.05, 4.69) is 131 Å². The molecule has 9 heteroatoms. The van der Waals surface area contributed by atoms with Crippen LogP contribution in [0.5, 0.6) is 0 Å². The maximum atomic E-state index is 4.93. The summed E-state index contributed by atoms with van der Waals surface area (Å²) in [6, 6.07) is 0. The second-order valence-electron chi connectivity index (χ2n) is 21.4. The molecule has 0 heterocycles. The molecule has 448 valence electrons. The molecule has 9 rings (SSSR count). The summed E-state index contributed by atoms with van der Waals surface area (Å²) in [6.45, 7) is 19.8. The summed E-state index contributed by atoms with van der Waals surface area (Å²) in [5.41, 5.74) is 0. The van der Waals surface area contributed by atoms with Crippen LogP contribution in [0.15, 0.2) is 124 Å². The van der Waals surface area contributed by atoms with Crippen LogP contribution < -0.4 is 0 Å². The Kier molecular flexibility index (Phi) is 75.6. The summed E-state index contributed by atoms with van der Waals surface area (Å²) in [7, 11) is 29.6. The summed E-state index contributed by atoms with van der Waals surface area (Å²) < 4.78 is 0. The second-order valence-corrected chi connectivity index (χ2v) is 32.6. The molecule has 0 bridgehead atoms. The van der Waals surface area contributed by atoms with Gasteiger partial charge in [0.05, 0.1) is 0 Å². The fraction of sp³-hybridized carbons (Fsp3) is 0.623. The molecule has 0 N–H and O–H groups in total. The van der Waals surface area contributed by atoms with Crippen molar-refractivity contribution < 1.29 is 62.5 Å². The molecule has 0 aromatic rings. The maximum absolute atomic E-state index is 4.93. The van der Waals surface area contributed by atoms with E-state index in [4.69, 9.17) is 51.1 Å². The van der Waals surface area contributed by atoms with Crippen LogP contribution in [0, 0.1) is 116 Å². The molecule has 0 aromatic heterocycles. The van der Waals surface area contributed by atoms with E-state index in [-0.39, 0.29) is 44.6 Å². The van der Waals surface area contributed by atoms with Crippen LogP contribution in [0.4, 0.5) is 0 Å². The van der Waals surface area contributed by atoms with E-state index in [1.807, 2.05) is 6.08 Å². The van der Waals surface area contributed by atoms with Crippen molar-refractivity contribution in [1.29, 1.82) is 0 Å². The molecule has 9 aliphatic carbocycles. The van der Waals surface area contributed by atoms with E-state index in [0.29, 0.717) is 0 Å². The molecule has 0 radical (unpaired) electrons. The number of rotatable bonds is 15. The van der Waals surface area contributed by atoms with Crippen molar-refractivity contribution in [2.75, 3.05) is 0 Å². The average Bonchev–Trinajstić information content (AvgIpc) is 4.29. The van der Waals surface area contributed by atoms with Gasteiger partial charge in [0.1, 0.15) is 0 Å². The number of hydrogen-bond acceptors (Lipinski definition) is 0. The Morgan fingerprint density at radius 2 is 0.603 bits per heavy atom. The summed E-state index contributed by atoms with van der Waals surface area (Å²) >= 11 is -2.48. The number of unbranched alkanes of at least 4 members (excludes halogenated alkanes) is 2. The van der Waals surface area contributed by atoms with Crippen molar-refractivity contribution in [3.8, 4) is 0 Å². The molecule has 78 heavy (non-hydrogen) atoms. The van der Waals surface area contributed by atoms with Crippen LogP contribution in [0.1, 0.15) is 200 Å². The molecular weight excluding hydrogens is 1320 g/mol. The predicted molar refractivity (Wildman–Crippen MR) is 356 cm³/mol. The van der Waals surface area contributed by atoms with Gasteiger partial charge in [-0.1, -0.05) is 227 Å². The monoisotopic (exact) mass is 1430 g/mol. The van der Waals surface area contributed by atoms with Gasteiger partial charge in [0.2, 0.25) is 0 Å². The fourth-order valence-corrected chi connectivity index (χ4v) is 12.9. The minimum absolute atomic E-state index is 0. The van der Waals surface area contributed by atoms with Crippen molar-refractivity contribution in [2.45, 2.75) is 200 Å². The molecule has 0 amide bonds. The summed E-state index contributed by atoms with van der Waals surface area (Å²) in [5, 5.41) is 0. The Morgan fingerprint density at radius 3 is 0.833 bits per heavy atom. The van der Waals surface area contributed by atoms with E-state index < -0.39 is 62.5 Å². The number of hydrogen-bond donors (Lipinski definition) is 0. The quantitative estimate of drug-likeness (QED) is 0.113. The standard InChI is InChI=1S/3C12H16.2C9H18.C9H16.6CH3.6ClH.3Zr/c3*1-2-5-10-8-9-11-6-3-4-7-12(10)11;3*1-2-3-6-9-7-4-5-8-9;;;;;;;;;;;;;;;/h3*2-4,6-7,10-12H,1,5,8-9H2;2*9H,2-8H2,1H3;2,9H,1,3-8H2;6*1H3;6*1H;;;/q;;;;;;6*-1;;;;;;;3*+4/p-6. The average molecular weight is 1430 g/mol. The van der Waals surface area contributed by atoms with Crippen LogP contribution in [0.25, 0.3) is 0 Å². The molecule has 0 saturated heterocycles. The van der Waals surface area contributed by atoms with Crippen molar-refractivity contribution >= 4 is 51.1 Å². The van der Waals surface area contributed by atoms with Crippen LogP contribution in [0.3, 0.4) is 0 Å². The molecule has 0 nitrogen and oxygen atoms in total. The molecular formula is C69H118Cl6Zr3. The molecule has 0 spiro atoms. The molecule has 9 atom stereocenters. The van der Waals surface area contributed by atoms with E-state index >= 15 is 0 Å². The van der Waals surface area contributed by atoms with E-state index in [9.17, 15) is 0 Å². The van der Waals surface area contributed by atoms with Gasteiger partial charge in [-0.3, -0.25) is 0 Å². The van der Waals surface area contributed by atoms with Crippen LogP contribution in [0.2, 0.25) is 0 Å². The van der Waals surface area contributed by atoms with E-state index in [1.165, 1.54) is 186 Å². The Bertz CT molecular complexity index is 1350. The van der Waals surface area contributed by atoms with Crippen molar-refractivity contribution in [3.05, 3.63) is 168 Å². The van der Waals surface area contributed by atoms with Gasteiger partial charge in [0, 0.05) is 0 Å². The first-order valence-electron chi connectivity index (χ1n) is 28.7. The third-order valence-electron chi connectivity index (χ3n) is 16.7. The third kappa shape index (κ3) is 42.6. The molecule has 0 aliphatic heterocycles. The zero-order valence-corrected chi connectivity index (χ0v) is 63.2. The fourth-order valence-electron chi connectivity index (χ4n) is 12.9. The van der Waals surface area contributed by atoms with Gasteiger partial charge in [-0.05, 0) is 142 Å². The van der Waals surface area contributed by atoms with Crippen LogP contribution in [-0.2, 0) is 62.5 Å². The van der Waals surface area contributed by atoms with Gasteiger partial charge in [0.15, 0.2) is 0 Å². The molecule has 0 aromatic carbocycles. The first kappa shape index (κ1) is 91.0. The first-order chi connectivity index (χ1) is 35.3. The molecule has 6 saturated carbocycles. The topological polar surface area (TPSA) is 0 Å².